The fourth-order valence-electron chi connectivity index (χ4n) is 2.72. The van der Waals surface area contributed by atoms with Gasteiger partial charge in [0.05, 0.1) is 12.2 Å². The van der Waals surface area contributed by atoms with Crippen molar-refractivity contribution in [1.29, 1.82) is 0 Å². The standard InChI is InChI=1S/C17H29N3O2S/c1-17(2,12-21)9-6-10-18-16(22)20(3)11-15-19-13-7-4-5-8-14(13)23-15/h21H,4-12H2,1-3H3,(H,18,22). The fraction of sp³-hybridized carbons (Fsp3) is 0.765. The Labute approximate surface area is 143 Å². The Bertz CT molecular complexity index is 504. The van der Waals surface area contributed by atoms with Crippen LogP contribution in [0.5, 0.6) is 0 Å². The van der Waals surface area contributed by atoms with Crippen molar-refractivity contribution in [3.63, 3.8) is 0 Å². The van der Waals surface area contributed by atoms with Crippen LogP contribution in [0.25, 0.3) is 0 Å². The number of urea groups is 1. The number of aliphatic hydroxyl groups is 1. The van der Waals surface area contributed by atoms with Gasteiger partial charge in [0.25, 0.3) is 0 Å². The number of thiazole rings is 1. The number of rotatable bonds is 7. The van der Waals surface area contributed by atoms with Gasteiger partial charge < -0.3 is 15.3 Å². The molecule has 1 aromatic heterocycles. The van der Waals surface area contributed by atoms with E-state index in [0.717, 1.165) is 30.7 Å². The molecule has 0 unspecified atom stereocenters. The number of carbonyl (C=O) groups is 1. The predicted molar refractivity (Wildman–Crippen MR) is 93.7 cm³/mol. The number of carbonyl (C=O) groups excluding carboxylic acids is 1. The number of aliphatic hydroxyl groups excluding tert-OH is 1. The van der Waals surface area contributed by atoms with Crippen molar-refractivity contribution in [2.75, 3.05) is 20.2 Å². The van der Waals surface area contributed by atoms with Crippen LogP contribution in [0, 0.1) is 5.41 Å². The highest BCUT2D eigenvalue weighted by Crippen LogP contribution is 2.27. The summed E-state index contributed by atoms with van der Waals surface area (Å²) in [5.41, 5.74) is 1.17. The van der Waals surface area contributed by atoms with Crippen molar-refractivity contribution in [2.24, 2.45) is 5.41 Å². The third-order valence-electron chi connectivity index (χ3n) is 4.34. The number of aromatic nitrogens is 1. The fourth-order valence-corrected chi connectivity index (χ4v) is 3.93. The third-order valence-corrected chi connectivity index (χ3v) is 5.49. The summed E-state index contributed by atoms with van der Waals surface area (Å²) >= 11 is 1.76. The van der Waals surface area contributed by atoms with Crippen molar-refractivity contribution in [3.05, 3.63) is 15.6 Å². The molecule has 2 amide bonds. The smallest absolute Gasteiger partial charge is 0.317 e. The van der Waals surface area contributed by atoms with E-state index in [-0.39, 0.29) is 18.1 Å². The Kier molecular flexibility index (Phi) is 6.41. The molecule has 0 aromatic carbocycles. The average molecular weight is 340 g/mol. The second-order valence-electron chi connectivity index (χ2n) is 7.20. The first-order chi connectivity index (χ1) is 10.9. The molecule has 0 aliphatic heterocycles. The van der Waals surface area contributed by atoms with Crippen LogP contribution in [-0.2, 0) is 19.4 Å². The van der Waals surface area contributed by atoms with Crippen LogP contribution in [0.4, 0.5) is 4.79 Å². The minimum atomic E-state index is -0.0728. The zero-order valence-electron chi connectivity index (χ0n) is 14.5. The summed E-state index contributed by atoms with van der Waals surface area (Å²) in [6.45, 7) is 5.46. The molecule has 0 saturated heterocycles. The summed E-state index contributed by atoms with van der Waals surface area (Å²) in [7, 11) is 1.81. The maximum Gasteiger partial charge on any atom is 0.317 e. The molecule has 0 fully saturated rings. The van der Waals surface area contributed by atoms with Gasteiger partial charge in [0, 0.05) is 25.1 Å². The number of hydrogen-bond acceptors (Lipinski definition) is 4. The molecule has 130 valence electrons. The van der Waals surface area contributed by atoms with Gasteiger partial charge in [0.15, 0.2) is 0 Å². The molecule has 0 spiro atoms. The van der Waals surface area contributed by atoms with Gasteiger partial charge in [-0.25, -0.2) is 9.78 Å². The normalized spacial score (nSPS) is 14.4. The molecule has 2 rings (SSSR count). The first-order valence-electron chi connectivity index (χ1n) is 8.48. The number of amides is 2. The van der Waals surface area contributed by atoms with Crippen LogP contribution in [0.1, 0.15) is 55.1 Å². The van der Waals surface area contributed by atoms with Crippen LogP contribution in [0.2, 0.25) is 0 Å². The zero-order chi connectivity index (χ0) is 16.9. The summed E-state index contributed by atoms with van der Waals surface area (Å²) in [5.74, 6) is 0. The maximum absolute atomic E-state index is 12.1. The lowest BCUT2D eigenvalue weighted by Gasteiger charge is -2.22. The molecule has 1 heterocycles. The summed E-state index contributed by atoms with van der Waals surface area (Å²) in [5, 5.41) is 13.2. The van der Waals surface area contributed by atoms with Crippen LogP contribution >= 0.6 is 11.3 Å². The molecule has 1 aliphatic rings. The van der Waals surface area contributed by atoms with Crippen LogP contribution in [0.15, 0.2) is 0 Å². The molecule has 2 N–H and O–H groups in total. The van der Waals surface area contributed by atoms with Crippen LogP contribution < -0.4 is 5.32 Å². The monoisotopic (exact) mass is 339 g/mol. The van der Waals surface area contributed by atoms with E-state index in [0.29, 0.717) is 13.1 Å². The Balaban J connectivity index is 1.73. The topological polar surface area (TPSA) is 65.5 Å². The van der Waals surface area contributed by atoms with E-state index in [1.165, 1.54) is 23.4 Å². The van der Waals surface area contributed by atoms with Crippen molar-refractivity contribution >= 4 is 17.4 Å². The molecule has 1 aromatic rings. The summed E-state index contributed by atoms with van der Waals surface area (Å²) in [6, 6.07) is -0.0556. The minimum absolute atomic E-state index is 0.0556. The number of fused-ring (bicyclic) bond motifs is 1. The molecule has 6 heteroatoms. The van der Waals surface area contributed by atoms with Gasteiger partial charge >= 0.3 is 6.03 Å². The molecular formula is C17H29N3O2S. The van der Waals surface area contributed by atoms with Gasteiger partial charge in [-0.05, 0) is 43.9 Å². The van der Waals surface area contributed by atoms with E-state index >= 15 is 0 Å². The molecule has 0 atom stereocenters. The molecule has 0 saturated carbocycles. The minimum Gasteiger partial charge on any atom is -0.396 e. The average Bonchev–Trinajstić information content (AvgIpc) is 2.93. The van der Waals surface area contributed by atoms with E-state index in [1.807, 2.05) is 20.9 Å². The molecule has 5 nitrogen and oxygen atoms in total. The highest BCUT2D eigenvalue weighted by atomic mass is 32.1. The maximum atomic E-state index is 12.1. The molecule has 0 radical (unpaired) electrons. The van der Waals surface area contributed by atoms with Gasteiger partial charge in [-0.2, -0.15) is 0 Å². The Morgan fingerprint density at radius 3 is 2.83 bits per heavy atom. The number of nitrogens with zero attached hydrogens (tertiary/aromatic N) is 2. The van der Waals surface area contributed by atoms with E-state index in [2.05, 4.69) is 10.3 Å². The van der Waals surface area contributed by atoms with E-state index in [4.69, 9.17) is 0 Å². The number of aryl methyl sites for hydroxylation is 2. The SMILES string of the molecule is CN(Cc1nc2c(s1)CCCC2)C(=O)NCCCC(C)(C)CO. The number of nitrogens with one attached hydrogen (secondary N) is 1. The largest absolute Gasteiger partial charge is 0.396 e. The second kappa shape index (κ2) is 8.11. The molecule has 0 bridgehead atoms. The Hall–Kier alpha value is -1.14. The van der Waals surface area contributed by atoms with Crippen molar-refractivity contribution in [1.82, 2.24) is 15.2 Å². The van der Waals surface area contributed by atoms with Crippen LogP contribution in [0.3, 0.4) is 0 Å². The Morgan fingerprint density at radius 2 is 2.13 bits per heavy atom. The van der Waals surface area contributed by atoms with Crippen molar-refractivity contribution in [3.8, 4) is 0 Å². The van der Waals surface area contributed by atoms with Gasteiger partial charge in [0.1, 0.15) is 5.01 Å². The lowest BCUT2D eigenvalue weighted by atomic mass is 9.89. The zero-order valence-corrected chi connectivity index (χ0v) is 15.3. The highest BCUT2D eigenvalue weighted by molar-refractivity contribution is 7.11. The quantitative estimate of drug-likeness (QED) is 0.751. The highest BCUT2D eigenvalue weighted by Gasteiger charge is 2.18. The third kappa shape index (κ3) is 5.46. The van der Waals surface area contributed by atoms with Crippen molar-refractivity contribution in [2.45, 2.75) is 58.9 Å². The van der Waals surface area contributed by atoms with Gasteiger partial charge in [-0.1, -0.05) is 13.8 Å². The summed E-state index contributed by atoms with van der Waals surface area (Å²) in [6.07, 6.45) is 6.49. The van der Waals surface area contributed by atoms with E-state index in [1.54, 1.807) is 16.2 Å². The summed E-state index contributed by atoms with van der Waals surface area (Å²) < 4.78 is 0. The number of hydrogen-bond donors (Lipinski definition) is 2. The van der Waals surface area contributed by atoms with E-state index in [9.17, 15) is 9.90 Å². The van der Waals surface area contributed by atoms with Gasteiger partial charge in [0.2, 0.25) is 0 Å². The molecular weight excluding hydrogens is 310 g/mol. The lowest BCUT2D eigenvalue weighted by molar-refractivity contribution is 0.147. The van der Waals surface area contributed by atoms with Crippen LogP contribution in [-0.4, -0.2) is 41.2 Å². The van der Waals surface area contributed by atoms with Gasteiger partial charge in [-0.3, -0.25) is 0 Å². The summed E-state index contributed by atoms with van der Waals surface area (Å²) in [4.78, 5) is 19.9. The van der Waals surface area contributed by atoms with E-state index < -0.39 is 0 Å². The second-order valence-corrected chi connectivity index (χ2v) is 8.37. The van der Waals surface area contributed by atoms with Gasteiger partial charge in [-0.15, -0.1) is 11.3 Å². The Morgan fingerprint density at radius 1 is 1.39 bits per heavy atom. The lowest BCUT2D eigenvalue weighted by Crippen LogP contribution is -2.37. The predicted octanol–water partition coefficient (Wildman–Crippen LogP) is 2.96. The molecule has 1 aliphatic carbocycles. The first-order valence-corrected chi connectivity index (χ1v) is 9.30. The van der Waals surface area contributed by atoms with Crippen molar-refractivity contribution < 1.29 is 9.90 Å². The molecule has 23 heavy (non-hydrogen) atoms. The first kappa shape index (κ1) is 18.2.